The molecular weight excluding hydrogens is 396 g/mol. The first kappa shape index (κ1) is 21.6. The lowest BCUT2D eigenvalue weighted by Gasteiger charge is -2.17. The molecule has 0 spiro atoms. The zero-order chi connectivity index (χ0) is 21.9. The molecule has 0 radical (unpaired) electrons. The molecule has 0 saturated carbocycles. The summed E-state index contributed by atoms with van der Waals surface area (Å²) in [6.45, 7) is 7.53. The highest BCUT2D eigenvalue weighted by molar-refractivity contribution is 7.90. The lowest BCUT2D eigenvalue weighted by Crippen LogP contribution is -2.18. The predicted octanol–water partition coefficient (Wildman–Crippen LogP) is 4.68. The van der Waals surface area contributed by atoms with E-state index >= 15 is 0 Å². The van der Waals surface area contributed by atoms with Gasteiger partial charge in [-0.3, -0.25) is 4.79 Å². The maximum atomic E-state index is 13.0. The van der Waals surface area contributed by atoms with E-state index in [1.54, 1.807) is 55.5 Å². The topological polar surface area (TPSA) is 75.9 Å². The van der Waals surface area contributed by atoms with Gasteiger partial charge in [0.2, 0.25) is 0 Å². The molecule has 0 aromatic heterocycles. The second-order valence-corrected chi connectivity index (χ2v) is 9.12. The van der Waals surface area contributed by atoms with Crippen LogP contribution in [0.4, 0.5) is 0 Å². The number of benzene rings is 2. The van der Waals surface area contributed by atoms with E-state index in [1.165, 1.54) is 12.1 Å². The molecule has 1 aliphatic rings. The number of ketones is 1. The Labute approximate surface area is 177 Å². The second kappa shape index (κ2) is 8.71. The summed E-state index contributed by atoms with van der Waals surface area (Å²) < 4.78 is 30.0. The molecule has 5 nitrogen and oxygen atoms in total. The molecule has 2 aromatic rings. The number of nitrogens with zero attached hydrogens (tertiary/aromatic N) is 2. The fraction of sp³-hybridized carbons (Fsp3) is 0.208. The fourth-order valence-electron chi connectivity index (χ4n) is 2.96. The van der Waals surface area contributed by atoms with Gasteiger partial charge in [-0.25, -0.2) is 4.99 Å². The van der Waals surface area contributed by atoms with Crippen LogP contribution in [-0.4, -0.2) is 25.7 Å². The van der Waals surface area contributed by atoms with Gasteiger partial charge in [-0.1, -0.05) is 61.9 Å². The van der Waals surface area contributed by atoms with Crippen LogP contribution in [0.25, 0.3) is 0 Å². The monoisotopic (exact) mass is 420 g/mol. The van der Waals surface area contributed by atoms with Crippen molar-refractivity contribution in [2.75, 3.05) is 0 Å². The number of allylic oxidation sites excluding steroid dienone is 4. The first-order valence-electron chi connectivity index (χ1n) is 9.68. The van der Waals surface area contributed by atoms with E-state index in [0.29, 0.717) is 16.8 Å². The van der Waals surface area contributed by atoms with Crippen LogP contribution >= 0.6 is 0 Å². The van der Waals surface area contributed by atoms with E-state index in [9.17, 15) is 13.2 Å². The zero-order valence-electron chi connectivity index (χ0n) is 17.5. The van der Waals surface area contributed by atoms with Gasteiger partial charge in [0, 0.05) is 5.56 Å². The van der Waals surface area contributed by atoms with Crippen LogP contribution in [-0.2, 0) is 14.8 Å². The number of carbonyl (C=O) groups is 1. The summed E-state index contributed by atoms with van der Waals surface area (Å²) in [6, 6.07) is 15.5. The van der Waals surface area contributed by atoms with Crippen LogP contribution in [0, 0.1) is 12.8 Å². The van der Waals surface area contributed by atoms with Crippen LogP contribution in [0.5, 0.6) is 0 Å². The van der Waals surface area contributed by atoms with Crippen molar-refractivity contribution in [1.29, 1.82) is 0 Å². The van der Waals surface area contributed by atoms with Crippen LogP contribution < -0.4 is 0 Å². The summed E-state index contributed by atoms with van der Waals surface area (Å²) in [5, 5.41) is 0. The predicted molar refractivity (Wildman–Crippen MR) is 120 cm³/mol. The third-order valence-electron chi connectivity index (χ3n) is 4.73. The Morgan fingerprint density at radius 1 is 0.900 bits per heavy atom. The fourth-order valence-corrected chi connectivity index (χ4v) is 3.92. The number of hydrogen-bond acceptors (Lipinski definition) is 3. The Balaban J connectivity index is 2.18. The summed E-state index contributed by atoms with van der Waals surface area (Å²) in [5.41, 5.74) is 3.38. The number of carbonyl (C=O) groups excluding carboxylic acids is 1. The van der Waals surface area contributed by atoms with Gasteiger partial charge < -0.3 is 0 Å². The molecular formula is C24H24N2O3S. The first-order valence-corrected chi connectivity index (χ1v) is 11.1. The van der Waals surface area contributed by atoms with Crippen LogP contribution in [0.15, 0.2) is 92.2 Å². The molecule has 0 heterocycles. The first-order chi connectivity index (χ1) is 14.2. The smallest absolute Gasteiger partial charge is 0.284 e. The Morgan fingerprint density at radius 2 is 1.53 bits per heavy atom. The van der Waals surface area contributed by atoms with Crippen molar-refractivity contribution in [2.45, 2.75) is 32.6 Å². The van der Waals surface area contributed by atoms with Crippen molar-refractivity contribution in [2.24, 2.45) is 15.3 Å². The highest BCUT2D eigenvalue weighted by atomic mass is 32.2. The zero-order valence-corrected chi connectivity index (χ0v) is 18.3. The second-order valence-electron chi connectivity index (χ2n) is 7.51. The van der Waals surface area contributed by atoms with E-state index in [2.05, 4.69) is 9.39 Å². The molecule has 154 valence electrons. The molecule has 0 amide bonds. The lowest BCUT2D eigenvalue weighted by atomic mass is 9.90. The number of rotatable bonds is 4. The Hall–Kier alpha value is -3.12. The molecule has 0 aliphatic heterocycles. The van der Waals surface area contributed by atoms with Crippen LogP contribution in [0.2, 0.25) is 0 Å². The minimum absolute atomic E-state index is 0.0442. The number of aliphatic imine (C=N–C) groups is 1. The molecule has 0 unspecified atom stereocenters. The highest BCUT2D eigenvalue weighted by Gasteiger charge is 2.21. The quantitative estimate of drug-likeness (QED) is 0.409. The molecule has 0 bridgehead atoms. The SMILES string of the molecule is CC1=CC(=N/C(=N/S(=O)(=O)c2ccc(C)cc2)c2ccccc2)C(C(C)C)=CC1=O. The van der Waals surface area contributed by atoms with E-state index in [-0.39, 0.29) is 22.4 Å². The molecule has 30 heavy (non-hydrogen) atoms. The third-order valence-corrected chi connectivity index (χ3v) is 6.01. The van der Waals surface area contributed by atoms with Gasteiger partial charge in [-0.15, -0.1) is 4.40 Å². The normalized spacial score (nSPS) is 16.6. The molecule has 0 atom stereocenters. The molecule has 6 heteroatoms. The average Bonchev–Trinajstić information content (AvgIpc) is 2.70. The van der Waals surface area contributed by atoms with Gasteiger partial charge >= 0.3 is 0 Å². The summed E-state index contributed by atoms with van der Waals surface area (Å²) >= 11 is 0. The van der Waals surface area contributed by atoms with Gasteiger partial charge in [0.05, 0.1) is 10.6 Å². The highest BCUT2D eigenvalue weighted by Crippen LogP contribution is 2.22. The number of amidine groups is 1. The van der Waals surface area contributed by atoms with Crippen molar-refractivity contribution in [3.05, 3.63) is 89.0 Å². The van der Waals surface area contributed by atoms with E-state index in [0.717, 1.165) is 11.1 Å². The van der Waals surface area contributed by atoms with Crippen molar-refractivity contribution < 1.29 is 13.2 Å². The minimum atomic E-state index is -3.96. The molecule has 0 saturated heterocycles. The van der Waals surface area contributed by atoms with Gasteiger partial charge in [0.15, 0.2) is 11.6 Å². The van der Waals surface area contributed by atoms with Crippen molar-refractivity contribution in [3.8, 4) is 0 Å². The van der Waals surface area contributed by atoms with Crippen molar-refractivity contribution >= 4 is 27.4 Å². The number of aryl methyl sites for hydroxylation is 1. The van der Waals surface area contributed by atoms with E-state index in [1.807, 2.05) is 26.8 Å². The molecule has 0 fully saturated rings. The molecule has 2 aromatic carbocycles. The Morgan fingerprint density at radius 3 is 2.13 bits per heavy atom. The van der Waals surface area contributed by atoms with Gasteiger partial charge in [-0.2, -0.15) is 8.42 Å². The van der Waals surface area contributed by atoms with Crippen molar-refractivity contribution in [1.82, 2.24) is 0 Å². The lowest BCUT2D eigenvalue weighted by molar-refractivity contribution is -0.111. The Kier molecular flexibility index (Phi) is 6.27. The van der Waals surface area contributed by atoms with Crippen LogP contribution in [0.1, 0.15) is 31.9 Å². The van der Waals surface area contributed by atoms with Crippen LogP contribution in [0.3, 0.4) is 0 Å². The van der Waals surface area contributed by atoms with Gasteiger partial charge in [0.25, 0.3) is 10.0 Å². The van der Waals surface area contributed by atoms with E-state index in [4.69, 9.17) is 0 Å². The molecule has 3 rings (SSSR count). The number of sulfonamides is 1. The molecule has 0 N–H and O–H groups in total. The standard InChI is InChI=1S/C24H24N2O3S/c1-16(2)21-15-23(27)18(4)14-22(21)25-24(19-8-6-5-7-9-19)26-30(28,29)20-12-10-17(3)11-13-20/h5-16H,1-4H3/b25-22?,26-24+. The summed E-state index contributed by atoms with van der Waals surface area (Å²) in [5.74, 6) is 0.0574. The van der Waals surface area contributed by atoms with E-state index < -0.39 is 10.0 Å². The maximum Gasteiger partial charge on any atom is 0.284 e. The average molecular weight is 421 g/mol. The number of hydrogen-bond donors (Lipinski definition) is 0. The van der Waals surface area contributed by atoms with Gasteiger partial charge in [0.1, 0.15) is 0 Å². The summed E-state index contributed by atoms with van der Waals surface area (Å²) in [7, 11) is -3.96. The third kappa shape index (κ3) is 4.89. The van der Waals surface area contributed by atoms with Crippen molar-refractivity contribution in [3.63, 3.8) is 0 Å². The van der Waals surface area contributed by atoms with Gasteiger partial charge in [-0.05, 0) is 55.2 Å². The molecule has 1 aliphatic carbocycles. The summed E-state index contributed by atoms with van der Waals surface area (Å²) in [6.07, 6.45) is 3.25. The Bertz CT molecular complexity index is 1180. The summed E-state index contributed by atoms with van der Waals surface area (Å²) in [4.78, 5) is 16.8. The maximum absolute atomic E-state index is 13.0. The largest absolute Gasteiger partial charge is 0.290 e. The minimum Gasteiger partial charge on any atom is -0.290 e.